The topological polar surface area (TPSA) is 125 Å². The van der Waals surface area contributed by atoms with Gasteiger partial charge in [0, 0.05) is 14.1 Å². The van der Waals surface area contributed by atoms with Gasteiger partial charge in [-0.1, -0.05) is 35.2 Å². The van der Waals surface area contributed by atoms with E-state index in [1.54, 1.807) is 18.2 Å². The molecule has 28 heavy (non-hydrogen) atoms. The van der Waals surface area contributed by atoms with E-state index in [-0.39, 0.29) is 22.8 Å². The third-order valence-electron chi connectivity index (χ3n) is 3.84. The molecule has 2 aromatic heterocycles. The lowest BCUT2D eigenvalue weighted by Crippen LogP contribution is -2.41. The maximum Gasteiger partial charge on any atom is 0.332 e. The molecule has 0 saturated heterocycles. The number of anilines is 3. The Balaban J connectivity index is 1.73. The molecule has 0 fully saturated rings. The van der Waals surface area contributed by atoms with E-state index in [2.05, 4.69) is 15.5 Å². The van der Waals surface area contributed by atoms with Crippen LogP contribution < -0.4 is 22.3 Å². The molecule has 3 rings (SSSR count). The largest absolute Gasteiger partial charge is 0.384 e. The van der Waals surface area contributed by atoms with Crippen LogP contribution in [0.1, 0.15) is 10.4 Å². The minimum atomic E-state index is -0.745. The van der Waals surface area contributed by atoms with E-state index in [0.717, 1.165) is 32.2 Å². The van der Waals surface area contributed by atoms with Crippen molar-refractivity contribution < 1.29 is 9.18 Å². The van der Waals surface area contributed by atoms with Gasteiger partial charge < -0.3 is 11.1 Å². The number of carbonyl (C=O) groups is 1. The zero-order valence-electron chi connectivity index (χ0n) is 14.8. The number of halogens is 1. The van der Waals surface area contributed by atoms with Crippen molar-refractivity contribution in [2.75, 3.05) is 16.8 Å². The van der Waals surface area contributed by atoms with Gasteiger partial charge in [-0.3, -0.25) is 18.7 Å². The van der Waals surface area contributed by atoms with Gasteiger partial charge in [0.05, 0.1) is 11.4 Å². The summed E-state index contributed by atoms with van der Waals surface area (Å²) in [5.41, 5.74) is 4.43. The van der Waals surface area contributed by atoms with Crippen molar-refractivity contribution in [1.29, 1.82) is 0 Å². The van der Waals surface area contributed by atoms with Crippen LogP contribution in [0.4, 0.5) is 21.0 Å². The fourth-order valence-electron chi connectivity index (χ4n) is 2.32. The molecule has 0 aliphatic rings. The number of Topliss-reactive ketones (excluding diaryl/α,β-unsaturated/α-hetero) is 1. The quantitative estimate of drug-likeness (QED) is 0.451. The predicted octanol–water partition coefficient (Wildman–Crippen LogP) is 1.38. The molecule has 0 aliphatic carbocycles. The molecule has 0 amide bonds. The summed E-state index contributed by atoms with van der Waals surface area (Å²) in [4.78, 5) is 36.5. The van der Waals surface area contributed by atoms with Crippen LogP contribution >= 0.6 is 23.1 Å². The number of nitrogens with zero attached hydrogens (tertiary/aromatic N) is 4. The third-order valence-corrected chi connectivity index (χ3v) is 5.81. The molecule has 0 unspecified atom stereocenters. The second kappa shape index (κ2) is 7.94. The van der Waals surface area contributed by atoms with Crippen LogP contribution in [0.5, 0.6) is 0 Å². The van der Waals surface area contributed by atoms with Gasteiger partial charge in [-0.05, 0) is 12.1 Å². The smallest absolute Gasteiger partial charge is 0.332 e. The summed E-state index contributed by atoms with van der Waals surface area (Å²) in [6, 6.07) is 6.13. The van der Waals surface area contributed by atoms with Gasteiger partial charge in [0.2, 0.25) is 5.13 Å². The first kappa shape index (κ1) is 19.8. The fourth-order valence-corrected chi connectivity index (χ4v) is 3.95. The summed E-state index contributed by atoms with van der Waals surface area (Å²) >= 11 is 2.19. The van der Waals surface area contributed by atoms with Crippen molar-refractivity contribution in [3.8, 4) is 0 Å². The van der Waals surface area contributed by atoms with Gasteiger partial charge in [0.15, 0.2) is 10.1 Å². The van der Waals surface area contributed by atoms with Crippen molar-refractivity contribution in [3.63, 3.8) is 0 Å². The van der Waals surface area contributed by atoms with E-state index in [0.29, 0.717) is 9.47 Å². The molecular weight excluding hydrogens is 407 g/mol. The van der Waals surface area contributed by atoms with Gasteiger partial charge in [0.1, 0.15) is 17.2 Å². The van der Waals surface area contributed by atoms with Crippen LogP contribution in [0.3, 0.4) is 0 Å². The van der Waals surface area contributed by atoms with Crippen molar-refractivity contribution in [3.05, 3.63) is 56.5 Å². The Morgan fingerprint density at radius 2 is 1.96 bits per heavy atom. The lowest BCUT2D eigenvalue weighted by atomic mass is 10.2. The minimum Gasteiger partial charge on any atom is -0.384 e. The van der Waals surface area contributed by atoms with Crippen LogP contribution in [-0.4, -0.2) is 30.9 Å². The maximum atomic E-state index is 13.7. The van der Waals surface area contributed by atoms with Gasteiger partial charge in [0.25, 0.3) is 5.56 Å². The lowest BCUT2D eigenvalue weighted by molar-refractivity contribution is 0.102. The number of nitrogens with two attached hydrogens (primary N) is 1. The van der Waals surface area contributed by atoms with Crippen molar-refractivity contribution in [1.82, 2.24) is 19.3 Å². The molecule has 3 aromatic rings. The van der Waals surface area contributed by atoms with Crippen molar-refractivity contribution in [2.45, 2.75) is 4.34 Å². The number of carbonyl (C=O) groups excluding carboxylic acids is 1. The van der Waals surface area contributed by atoms with Crippen molar-refractivity contribution >= 4 is 45.5 Å². The number of hydrogen-bond acceptors (Lipinski definition) is 9. The molecule has 12 heteroatoms. The maximum absolute atomic E-state index is 13.7. The summed E-state index contributed by atoms with van der Waals surface area (Å²) in [5, 5.41) is 11.0. The average molecular weight is 422 g/mol. The normalized spacial score (nSPS) is 10.8. The Morgan fingerprint density at radius 3 is 2.68 bits per heavy atom. The van der Waals surface area contributed by atoms with Crippen LogP contribution in [0.15, 0.2) is 38.2 Å². The molecule has 0 bridgehead atoms. The summed E-state index contributed by atoms with van der Waals surface area (Å²) in [5.74, 6) is -1.26. The number of nitrogen functional groups attached to an aromatic ring is 1. The number of ketones is 1. The molecule has 1 aromatic carbocycles. The molecular formula is C16H15FN6O3S2. The number of para-hydroxylation sites is 1. The monoisotopic (exact) mass is 422 g/mol. The van der Waals surface area contributed by atoms with E-state index < -0.39 is 22.8 Å². The number of rotatable bonds is 6. The third kappa shape index (κ3) is 3.82. The zero-order valence-corrected chi connectivity index (χ0v) is 16.4. The first-order valence-corrected chi connectivity index (χ1v) is 9.66. The molecule has 3 N–H and O–H groups in total. The average Bonchev–Trinajstić information content (AvgIpc) is 3.12. The highest BCUT2D eigenvalue weighted by atomic mass is 32.2. The molecule has 9 nitrogen and oxygen atoms in total. The highest BCUT2D eigenvalue weighted by Crippen LogP contribution is 2.28. The van der Waals surface area contributed by atoms with Crippen LogP contribution in [0.2, 0.25) is 0 Å². The Morgan fingerprint density at radius 1 is 1.25 bits per heavy atom. The first-order valence-electron chi connectivity index (χ1n) is 7.86. The number of thioether (sulfide) groups is 1. The second-order valence-corrected chi connectivity index (χ2v) is 7.86. The number of aromatic nitrogens is 4. The van der Waals surface area contributed by atoms with Crippen LogP contribution in [0, 0.1) is 5.82 Å². The zero-order chi connectivity index (χ0) is 20.4. The van der Waals surface area contributed by atoms with E-state index in [4.69, 9.17) is 5.73 Å². The summed E-state index contributed by atoms with van der Waals surface area (Å²) in [6.07, 6.45) is 0. The number of benzene rings is 1. The van der Waals surface area contributed by atoms with E-state index in [1.807, 2.05) is 0 Å². The van der Waals surface area contributed by atoms with Gasteiger partial charge >= 0.3 is 5.69 Å². The molecule has 0 spiro atoms. The fraction of sp³-hybridized carbons (Fsp3) is 0.188. The van der Waals surface area contributed by atoms with Crippen LogP contribution in [-0.2, 0) is 14.1 Å². The highest BCUT2D eigenvalue weighted by Gasteiger charge is 2.21. The van der Waals surface area contributed by atoms with E-state index in [9.17, 15) is 18.8 Å². The SMILES string of the molecule is Cn1c(N)c(C(=O)CSc2nnc(Nc3ccccc3F)s2)c(=O)n(C)c1=O. The first-order chi connectivity index (χ1) is 13.3. The Bertz CT molecular complexity index is 1170. The number of hydrogen-bond donors (Lipinski definition) is 2. The number of nitrogens with one attached hydrogen (secondary N) is 1. The van der Waals surface area contributed by atoms with E-state index >= 15 is 0 Å². The van der Waals surface area contributed by atoms with Gasteiger partial charge in [-0.2, -0.15) is 0 Å². The van der Waals surface area contributed by atoms with Crippen molar-refractivity contribution in [2.24, 2.45) is 14.1 Å². The predicted molar refractivity (Wildman–Crippen MR) is 106 cm³/mol. The molecule has 0 saturated carbocycles. The second-order valence-electron chi connectivity index (χ2n) is 5.66. The molecule has 0 atom stereocenters. The Hall–Kier alpha value is -2.99. The van der Waals surface area contributed by atoms with Gasteiger partial charge in [-0.15, -0.1) is 10.2 Å². The standard InChI is InChI=1S/C16H15FN6O3S2/c1-22-12(18)11(13(25)23(2)16(22)26)10(24)7-27-15-21-20-14(28-15)19-9-6-4-3-5-8(9)17/h3-6H,7,18H2,1-2H3,(H,19,20). The summed E-state index contributed by atoms with van der Waals surface area (Å²) < 4.78 is 16.0. The highest BCUT2D eigenvalue weighted by molar-refractivity contribution is 8.01. The van der Waals surface area contributed by atoms with E-state index in [1.165, 1.54) is 20.2 Å². The molecule has 2 heterocycles. The Kier molecular flexibility index (Phi) is 5.61. The molecule has 146 valence electrons. The Labute approximate surface area is 166 Å². The summed E-state index contributed by atoms with van der Waals surface area (Å²) in [6.45, 7) is 0. The minimum absolute atomic E-state index is 0.119. The lowest BCUT2D eigenvalue weighted by Gasteiger charge is -2.10. The van der Waals surface area contributed by atoms with Crippen LogP contribution in [0.25, 0.3) is 0 Å². The van der Waals surface area contributed by atoms with Gasteiger partial charge in [-0.25, -0.2) is 9.18 Å². The molecule has 0 radical (unpaired) electrons. The summed E-state index contributed by atoms with van der Waals surface area (Å²) in [7, 11) is 2.66. The molecule has 0 aliphatic heterocycles.